The molecule has 3 aromatic rings. The second kappa shape index (κ2) is 6.04. The van der Waals surface area contributed by atoms with Gasteiger partial charge < -0.3 is 5.32 Å². The third kappa shape index (κ3) is 2.98. The Labute approximate surface area is 132 Å². The Balaban J connectivity index is 1.72. The maximum Gasteiger partial charge on any atom is 0.269 e. The zero-order valence-corrected chi connectivity index (χ0v) is 12.8. The van der Waals surface area contributed by atoms with Crippen LogP contribution < -0.4 is 5.32 Å². The summed E-state index contributed by atoms with van der Waals surface area (Å²) < 4.78 is 13.7. The highest BCUT2D eigenvalue weighted by atomic mass is 19.1. The molecular weight excluding hydrogens is 297 g/mol. The van der Waals surface area contributed by atoms with Gasteiger partial charge in [-0.05, 0) is 37.6 Å². The van der Waals surface area contributed by atoms with Gasteiger partial charge >= 0.3 is 0 Å². The summed E-state index contributed by atoms with van der Waals surface area (Å²) in [5.41, 5.74) is 3.78. The largest absolute Gasteiger partial charge is 0.345 e. The van der Waals surface area contributed by atoms with Crippen molar-refractivity contribution in [3.63, 3.8) is 0 Å². The van der Waals surface area contributed by atoms with Crippen molar-refractivity contribution in [2.24, 2.45) is 0 Å². The smallest absolute Gasteiger partial charge is 0.269 e. The molecule has 0 aliphatic heterocycles. The Morgan fingerprint density at radius 2 is 2.00 bits per heavy atom. The van der Waals surface area contributed by atoms with Crippen molar-refractivity contribution in [3.05, 3.63) is 58.8 Å². The maximum absolute atomic E-state index is 13.7. The SMILES string of the molecule is Cc1[nH]nc(CNC(=O)c2cc(-c3ccccc3F)n[nH]2)c1C. The molecule has 0 saturated carbocycles. The van der Waals surface area contributed by atoms with E-state index in [1.54, 1.807) is 18.2 Å². The van der Waals surface area contributed by atoms with Gasteiger partial charge in [-0.15, -0.1) is 0 Å². The molecule has 23 heavy (non-hydrogen) atoms. The fraction of sp³-hybridized carbons (Fsp3) is 0.188. The molecule has 1 aromatic carbocycles. The van der Waals surface area contributed by atoms with E-state index in [1.165, 1.54) is 12.1 Å². The Morgan fingerprint density at radius 1 is 1.22 bits per heavy atom. The van der Waals surface area contributed by atoms with Crippen LogP contribution >= 0.6 is 0 Å². The molecule has 0 aliphatic carbocycles. The quantitative estimate of drug-likeness (QED) is 0.691. The summed E-state index contributed by atoms with van der Waals surface area (Å²) in [4.78, 5) is 12.2. The molecule has 0 radical (unpaired) electrons. The maximum atomic E-state index is 13.7. The minimum absolute atomic E-state index is 0.271. The number of rotatable bonds is 4. The van der Waals surface area contributed by atoms with Crippen LogP contribution in [0.4, 0.5) is 4.39 Å². The molecule has 1 amide bonds. The van der Waals surface area contributed by atoms with Gasteiger partial charge in [0.2, 0.25) is 0 Å². The van der Waals surface area contributed by atoms with E-state index < -0.39 is 0 Å². The number of amides is 1. The van der Waals surface area contributed by atoms with E-state index in [4.69, 9.17) is 0 Å². The van der Waals surface area contributed by atoms with Crippen LogP contribution in [0.15, 0.2) is 30.3 Å². The second-order valence-corrected chi connectivity index (χ2v) is 5.25. The van der Waals surface area contributed by atoms with E-state index in [0.29, 0.717) is 17.8 Å². The molecule has 0 unspecified atom stereocenters. The van der Waals surface area contributed by atoms with Crippen LogP contribution in [-0.4, -0.2) is 26.3 Å². The minimum Gasteiger partial charge on any atom is -0.345 e. The molecule has 0 spiro atoms. The summed E-state index contributed by atoms with van der Waals surface area (Å²) >= 11 is 0. The number of nitrogens with zero attached hydrogens (tertiary/aromatic N) is 2. The van der Waals surface area contributed by atoms with Gasteiger partial charge in [0, 0.05) is 11.3 Å². The van der Waals surface area contributed by atoms with Crippen molar-refractivity contribution in [2.75, 3.05) is 0 Å². The van der Waals surface area contributed by atoms with Gasteiger partial charge in [0.05, 0.1) is 17.9 Å². The average Bonchev–Trinajstić information content (AvgIpc) is 3.15. The number of nitrogens with one attached hydrogen (secondary N) is 3. The van der Waals surface area contributed by atoms with Gasteiger partial charge in [0.15, 0.2) is 0 Å². The predicted molar refractivity (Wildman–Crippen MR) is 83.2 cm³/mol. The molecule has 0 fully saturated rings. The molecule has 7 heteroatoms. The lowest BCUT2D eigenvalue weighted by atomic mass is 10.1. The molecule has 0 aliphatic rings. The first-order chi connectivity index (χ1) is 11.1. The Hall–Kier alpha value is -2.96. The van der Waals surface area contributed by atoms with Gasteiger partial charge in [-0.2, -0.15) is 10.2 Å². The van der Waals surface area contributed by atoms with Crippen LogP contribution in [0.1, 0.15) is 27.4 Å². The summed E-state index contributed by atoms with van der Waals surface area (Å²) in [6, 6.07) is 7.81. The predicted octanol–water partition coefficient (Wildman–Crippen LogP) is 2.49. The molecule has 6 nitrogen and oxygen atoms in total. The lowest BCUT2D eigenvalue weighted by molar-refractivity contribution is 0.0945. The van der Waals surface area contributed by atoms with Crippen molar-refractivity contribution in [3.8, 4) is 11.3 Å². The number of aryl methyl sites for hydroxylation is 1. The standard InChI is InChI=1S/C16H16FN5O/c1-9-10(2)19-22-15(9)8-18-16(23)14-7-13(20-21-14)11-5-3-4-6-12(11)17/h3-7H,8H2,1-2H3,(H,18,23)(H,19,22)(H,20,21). The zero-order valence-electron chi connectivity index (χ0n) is 12.8. The number of hydrogen-bond donors (Lipinski definition) is 3. The van der Waals surface area contributed by atoms with Crippen LogP contribution in [0.25, 0.3) is 11.3 Å². The van der Waals surface area contributed by atoms with Crippen molar-refractivity contribution >= 4 is 5.91 Å². The Kier molecular flexibility index (Phi) is 3.92. The highest BCUT2D eigenvalue weighted by molar-refractivity contribution is 5.93. The topological polar surface area (TPSA) is 86.5 Å². The number of H-pyrrole nitrogens is 2. The Bertz CT molecular complexity index is 852. The first-order valence-corrected chi connectivity index (χ1v) is 7.15. The van der Waals surface area contributed by atoms with E-state index in [1.807, 2.05) is 13.8 Å². The number of carbonyl (C=O) groups excluding carboxylic acids is 1. The molecule has 2 heterocycles. The number of aromatic nitrogens is 4. The number of aromatic amines is 2. The summed E-state index contributed by atoms with van der Waals surface area (Å²) in [6.07, 6.45) is 0. The van der Waals surface area contributed by atoms with E-state index in [2.05, 4.69) is 25.7 Å². The van der Waals surface area contributed by atoms with Crippen LogP contribution in [0.5, 0.6) is 0 Å². The lowest BCUT2D eigenvalue weighted by Gasteiger charge is -2.01. The van der Waals surface area contributed by atoms with E-state index in [0.717, 1.165) is 17.0 Å². The van der Waals surface area contributed by atoms with Gasteiger partial charge in [-0.1, -0.05) is 12.1 Å². The van der Waals surface area contributed by atoms with Gasteiger partial charge in [0.1, 0.15) is 11.5 Å². The van der Waals surface area contributed by atoms with Gasteiger partial charge in [0.25, 0.3) is 5.91 Å². The van der Waals surface area contributed by atoms with Crippen molar-refractivity contribution < 1.29 is 9.18 Å². The number of carbonyl (C=O) groups is 1. The second-order valence-electron chi connectivity index (χ2n) is 5.25. The molecule has 3 rings (SSSR count). The monoisotopic (exact) mass is 313 g/mol. The fourth-order valence-electron chi connectivity index (χ4n) is 2.21. The van der Waals surface area contributed by atoms with Gasteiger partial charge in [-0.3, -0.25) is 15.0 Å². The summed E-state index contributed by atoms with van der Waals surface area (Å²) in [5, 5.41) is 16.4. The first kappa shape index (κ1) is 15.0. The number of halogens is 1. The van der Waals surface area contributed by atoms with Gasteiger partial charge in [-0.25, -0.2) is 4.39 Å². The highest BCUT2D eigenvalue weighted by Crippen LogP contribution is 2.20. The first-order valence-electron chi connectivity index (χ1n) is 7.15. The zero-order chi connectivity index (χ0) is 16.4. The Morgan fingerprint density at radius 3 is 2.70 bits per heavy atom. The highest BCUT2D eigenvalue weighted by Gasteiger charge is 2.14. The number of hydrogen-bond acceptors (Lipinski definition) is 3. The normalized spacial score (nSPS) is 10.7. The molecule has 3 N–H and O–H groups in total. The van der Waals surface area contributed by atoms with Crippen molar-refractivity contribution in [2.45, 2.75) is 20.4 Å². The van der Waals surface area contributed by atoms with Crippen LogP contribution in [-0.2, 0) is 6.54 Å². The van der Waals surface area contributed by atoms with Crippen LogP contribution in [0.3, 0.4) is 0 Å². The van der Waals surface area contributed by atoms with E-state index in [-0.39, 0.29) is 17.4 Å². The van der Waals surface area contributed by atoms with Crippen molar-refractivity contribution in [1.29, 1.82) is 0 Å². The van der Waals surface area contributed by atoms with E-state index in [9.17, 15) is 9.18 Å². The summed E-state index contributed by atoms with van der Waals surface area (Å²) in [6.45, 7) is 4.17. The molecular formula is C16H16FN5O. The van der Waals surface area contributed by atoms with Crippen LogP contribution in [0, 0.1) is 19.7 Å². The molecule has 0 bridgehead atoms. The molecule has 2 aromatic heterocycles. The third-order valence-corrected chi connectivity index (χ3v) is 3.74. The van der Waals surface area contributed by atoms with Crippen LogP contribution in [0.2, 0.25) is 0 Å². The molecule has 0 atom stereocenters. The lowest BCUT2D eigenvalue weighted by Crippen LogP contribution is -2.23. The summed E-state index contributed by atoms with van der Waals surface area (Å²) in [7, 11) is 0. The average molecular weight is 313 g/mol. The summed E-state index contributed by atoms with van der Waals surface area (Å²) in [5.74, 6) is -0.700. The minimum atomic E-state index is -0.381. The third-order valence-electron chi connectivity index (χ3n) is 3.74. The number of benzene rings is 1. The molecule has 118 valence electrons. The van der Waals surface area contributed by atoms with E-state index >= 15 is 0 Å². The molecule has 0 saturated heterocycles. The van der Waals surface area contributed by atoms with Crippen molar-refractivity contribution in [1.82, 2.24) is 25.7 Å². The fourth-order valence-corrected chi connectivity index (χ4v) is 2.21.